The summed E-state index contributed by atoms with van der Waals surface area (Å²) >= 11 is 5.83. The Hall–Kier alpha value is -2.47. The summed E-state index contributed by atoms with van der Waals surface area (Å²) in [7, 11) is 0. The van der Waals surface area contributed by atoms with Gasteiger partial charge in [0, 0.05) is 17.3 Å². The summed E-state index contributed by atoms with van der Waals surface area (Å²) in [5.41, 5.74) is 0.644. The van der Waals surface area contributed by atoms with E-state index in [9.17, 15) is 9.59 Å². The lowest BCUT2D eigenvalue weighted by molar-refractivity contribution is -0.124. The molecule has 1 saturated heterocycles. The van der Waals surface area contributed by atoms with Crippen molar-refractivity contribution < 1.29 is 14.0 Å². The Morgan fingerprint density at radius 3 is 2.75 bits per heavy atom. The highest BCUT2D eigenvalue weighted by atomic mass is 35.5. The van der Waals surface area contributed by atoms with E-state index < -0.39 is 6.04 Å². The summed E-state index contributed by atoms with van der Waals surface area (Å²) in [6.45, 7) is 0.868. The van der Waals surface area contributed by atoms with Crippen molar-refractivity contribution in [3.63, 3.8) is 0 Å². The number of likely N-dealkylation sites (tertiary alicyclic amines) is 1. The van der Waals surface area contributed by atoms with Crippen LogP contribution in [-0.4, -0.2) is 29.4 Å². The topological polar surface area (TPSA) is 74.6 Å². The maximum Gasteiger partial charge on any atom is 0.322 e. The molecule has 0 radical (unpaired) electrons. The first-order chi connectivity index (χ1) is 11.6. The second-order valence-corrected chi connectivity index (χ2v) is 6.02. The van der Waals surface area contributed by atoms with Gasteiger partial charge < -0.3 is 20.0 Å². The monoisotopic (exact) mass is 347 g/mol. The SMILES string of the molecule is O=C(NCc1ccco1)[C@H]1CCCN1C(=O)Nc1ccc(Cl)cc1. The van der Waals surface area contributed by atoms with Gasteiger partial charge in [-0.2, -0.15) is 0 Å². The number of hydrogen-bond donors (Lipinski definition) is 2. The van der Waals surface area contributed by atoms with E-state index in [2.05, 4.69) is 10.6 Å². The van der Waals surface area contributed by atoms with Crippen LogP contribution in [0.4, 0.5) is 10.5 Å². The number of amides is 3. The van der Waals surface area contributed by atoms with Gasteiger partial charge in [0.2, 0.25) is 5.91 Å². The molecule has 2 aromatic rings. The number of benzene rings is 1. The lowest BCUT2D eigenvalue weighted by Gasteiger charge is -2.24. The van der Waals surface area contributed by atoms with Gasteiger partial charge in [0.25, 0.3) is 0 Å². The van der Waals surface area contributed by atoms with Gasteiger partial charge in [0.05, 0.1) is 12.8 Å². The molecule has 1 aliphatic heterocycles. The second kappa shape index (κ2) is 7.40. The average Bonchev–Trinajstić information content (AvgIpc) is 3.26. The van der Waals surface area contributed by atoms with E-state index in [1.807, 2.05) is 0 Å². The fourth-order valence-corrected chi connectivity index (χ4v) is 2.84. The van der Waals surface area contributed by atoms with Crippen molar-refractivity contribution in [1.29, 1.82) is 0 Å². The zero-order valence-corrected chi connectivity index (χ0v) is 13.8. The number of nitrogens with one attached hydrogen (secondary N) is 2. The zero-order valence-electron chi connectivity index (χ0n) is 13.0. The molecule has 1 atom stereocenters. The Balaban J connectivity index is 1.58. The minimum absolute atomic E-state index is 0.171. The Bertz CT molecular complexity index is 700. The van der Waals surface area contributed by atoms with E-state index in [1.54, 1.807) is 47.6 Å². The van der Waals surface area contributed by atoms with Crippen molar-refractivity contribution in [1.82, 2.24) is 10.2 Å². The lowest BCUT2D eigenvalue weighted by Crippen LogP contribution is -2.47. The molecule has 126 valence electrons. The zero-order chi connectivity index (χ0) is 16.9. The van der Waals surface area contributed by atoms with Gasteiger partial charge in [-0.05, 0) is 49.2 Å². The minimum atomic E-state index is -0.465. The van der Waals surface area contributed by atoms with Gasteiger partial charge in [-0.15, -0.1) is 0 Å². The van der Waals surface area contributed by atoms with Crippen molar-refractivity contribution in [2.45, 2.75) is 25.4 Å². The fourth-order valence-electron chi connectivity index (χ4n) is 2.72. The van der Waals surface area contributed by atoms with Crippen LogP contribution in [0.2, 0.25) is 5.02 Å². The van der Waals surface area contributed by atoms with Crippen LogP contribution >= 0.6 is 11.6 Å². The second-order valence-electron chi connectivity index (χ2n) is 5.59. The summed E-state index contributed by atoms with van der Waals surface area (Å²) in [4.78, 5) is 26.4. The van der Waals surface area contributed by atoms with E-state index in [1.165, 1.54) is 0 Å². The molecule has 6 nitrogen and oxygen atoms in total. The smallest absolute Gasteiger partial charge is 0.322 e. The molecular formula is C17H18ClN3O3. The minimum Gasteiger partial charge on any atom is -0.467 e. The third-order valence-electron chi connectivity index (χ3n) is 3.93. The number of furan rings is 1. The van der Waals surface area contributed by atoms with Crippen LogP contribution in [0.25, 0.3) is 0 Å². The van der Waals surface area contributed by atoms with Crippen molar-refractivity contribution in [2.24, 2.45) is 0 Å². The first-order valence-corrected chi connectivity index (χ1v) is 8.14. The molecule has 1 aromatic heterocycles. The summed E-state index contributed by atoms with van der Waals surface area (Å²) in [6.07, 6.45) is 3.01. The summed E-state index contributed by atoms with van der Waals surface area (Å²) in [5.74, 6) is 0.508. The lowest BCUT2D eigenvalue weighted by atomic mass is 10.2. The third-order valence-corrected chi connectivity index (χ3v) is 4.18. The van der Waals surface area contributed by atoms with E-state index in [0.717, 1.165) is 6.42 Å². The molecule has 3 rings (SSSR count). The first kappa shape index (κ1) is 16.4. The molecule has 0 spiro atoms. The molecular weight excluding hydrogens is 330 g/mol. The van der Waals surface area contributed by atoms with Gasteiger partial charge in [-0.1, -0.05) is 11.6 Å². The predicted molar refractivity (Wildman–Crippen MR) is 90.8 cm³/mol. The Morgan fingerprint density at radius 1 is 1.25 bits per heavy atom. The normalized spacial score (nSPS) is 16.9. The largest absolute Gasteiger partial charge is 0.467 e. The van der Waals surface area contributed by atoms with Gasteiger partial charge in [0.15, 0.2) is 0 Å². The highest BCUT2D eigenvalue weighted by Crippen LogP contribution is 2.20. The number of nitrogens with zero attached hydrogens (tertiary/aromatic N) is 1. The van der Waals surface area contributed by atoms with Gasteiger partial charge in [0.1, 0.15) is 11.8 Å². The molecule has 1 aliphatic rings. The van der Waals surface area contributed by atoms with Crippen LogP contribution in [0.3, 0.4) is 0 Å². The van der Waals surface area contributed by atoms with Crippen LogP contribution in [0.1, 0.15) is 18.6 Å². The molecule has 2 N–H and O–H groups in total. The molecule has 1 fully saturated rings. The first-order valence-electron chi connectivity index (χ1n) is 7.77. The molecule has 0 aliphatic carbocycles. The van der Waals surface area contributed by atoms with Crippen LogP contribution < -0.4 is 10.6 Å². The predicted octanol–water partition coefficient (Wildman–Crippen LogP) is 3.25. The number of carbonyl (C=O) groups excluding carboxylic acids is 2. The highest BCUT2D eigenvalue weighted by molar-refractivity contribution is 6.30. The van der Waals surface area contributed by atoms with Gasteiger partial charge in [-0.25, -0.2) is 4.79 Å². The van der Waals surface area contributed by atoms with Crippen LogP contribution in [0.5, 0.6) is 0 Å². The maximum atomic E-state index is 12.4. The van der Waals surface area contributed by atoms with Gasteiger partial charge >= 0.3 is 6.03 Å². The Labute approximate surface area is 144 Å². The molecule has 3 amide bonds. The third kappa shape index (κ3) is 3.89. The quantitative estimate of drug-likeness (QED) is 0.891. The van der Waals surface area contributed by atoms with Crippen molar-refractivity contribution in [3.05, 3.63) is 53.4 Å². The molecule has 2 heterocycles. The molecule has 0 unspecified atom stereocenters. The fraction of sp³-hybridized carbons (Fsp3) is 0.294. The Kier molecular flexibility index (Phi) is 5.05. The number of carbonyl (C=O) groups is 2. The van der Waals surface area contributed by atoms with Gasteiger partial charge in [-0.3, -0.25) is 4.79 Å². The summed E-state index contributed by atoms with van der Waals surface area (Å²) in [5, 5.41) is 6.21. The van der Waals surface area contributed by atoms with Crippen molar-refractivity contribution in [2.75, 3.05) is 11.9 Å². The number of urea groups is 1. The van der Waals surface area contributed by atoms with Crippen LogP contribution in [-0.2, 0) is 11.3 Å². The molecule has 0 saturated carbocycles. The average molecular weight is 348 g/mol. The highest BCUT2D eigenvalue weighted by Gasteiger charge is 2.34. The summed E-state index contributed by atoms with van der Waals surface area (Å²) < 4.78 is 5.19. The van der Waals surface area contributed by atoms with E-state index >= 15 is 0 Å². The van der Waals surface area contributed by atoms with E-state index in [0.29, 0.717) is 36.0 Å². The van der Waals surface area contributed by atoms with E-state index in [4.69, 9.17) is 16.0 Å². The van der Waals surface area contributed by atoms with Crippen molar-refractivity contribution in [3.8, 4) is 0 Å². The van der Waals surface area contributed by atoms with E-state index in [-0.39, 0.29) is 11.9 Å². The molecule has 24 heavy (non-hydrogen) atoms. The van der Waals surface area contributed by atoms with Crippen molar-refractivity contribution >= 4 is 29.2 Å². The number of rotatable bonds is 4. The number of halogens is 1. The maximum absolute atomic E-state index is 12.4. The number of hydrogen-bond acceptors (Lipinski definition) is 3. The standard InChI is InChI=1S/C17H18ClN3O3/c18-12-5-7-13(8-6-12)20-17(23)21-9-1-4-15(21)16(22)19-11-14-3-2-10-24-14/h2-3,5-8,10,15H,1,4,9,11H2,(H,19,22)(H,20,23)/t15-/m1/s1. The number of anilines is 1. The summed E-state index contributed by atoms with van der Waals surface area (Å²) in [6, 6.07) is 9.66. The van der Waals surface area contributed by atoms with Crippen LogP contribution in [0.15, 0.2) is 47.1 Å². The molecule has 7 heteroatoms. The van der Waals surface area contributed by atoms with Crippen LogP contribution in [0, 0.1) is 0 Å². The Morgan fingerprint density at radius 2 is 2.04 bits per heavy atom. The molecule has 1 aromatic carbocycles. The molecule has 0 bridgehead atoms.